The Morgan fingerprint density at radius 3 is 2.56 bits per heavy atom. The van der Waals surface area contributed by atoms with Crippen LogP contribution in [-0.2, 0) is 6.42 Å². The Morgan fingerprint density at radius 1 is 1.22 bits per heavy atom. The quantitative estimate of drug-likeness (QED) is 0.615. The lowest BCUT2D eigenvalue weighted by Gasteiger charge is -2.16. The van der Waals surface area contributed by atoms with Crippen molar-refractivity contribution in [3.63, 3.8) is 0 Å². The number of halogens is 3. The van der Waals surface area contributed by atoms with E-state index >= 15 is 0 Å². The third-order valence-electron chi connectivity index (χ3n) is 2.58. The van der Waals surface area contributed by atoms with E-state index in [2.05, 4.69) is 27.4 Å². The maximum atomic E-state index is 6.02. The molecule has 1 atom stereocenters. The molecule has 2 aromatic rings. The number of rotatable bonds is 4. The molecule has 2 rings (SSSR count). The van der Waals surface area contributed by atoms with Gasteiger partial charge in [-0.15, -0.1) is 11.3 Å². The standard InChI is InChI=1S/C12H11BrCl2N2S/c13-12-4-2-8(18-12)6-11(17-16)7-1-3-9(14)10(15)5-7/h1-5,11,17H,6,16H2. The summed E-state index contributed by atoms with van der Waals surface area (Å²) in [5, 5.41) is 1.09. The Morgan fingerprint density at radius 2 is 2.00 bits per heavy atom. The van der Waals surface area contributed by atoms with Crippen LogP contribution in [0.2, 0.25) is 10.0 Å². The maximum Gasteiger partial charge on any atom is 0.0701 e. The third-order valence-corrected chi connectivity index (χ3v) is 4.97. The van der Waals surface area contributed by atoms with E-state index in [-0.39, 0.29) is 6.04 Å². The van der Waals surface area contributed by atoms with Crippen molar-refractivity contribution in [2.75, 3.05) is 0 Å². The van der Waals surface area contributed by atoms with Gasteiger partial charge < -0.3 is 0 Å². The van der Waals surface area contributed by atoms with Crippen LogP contribution in [0.1, 0.15) is 16.5 Å². The summed E-state index contributed by atoms with van der Waals surface area (Å²) in [6.45, 7) is 0. The van der Waals surface area contributed by atoms with E-state index < -0.39 is 0 Å². The highest BCUT2D eigenvalue weighted by atomic mass is 79.9. The van der Waals surface area contributed by atoms with Crippen LogP contribution in [0.5, 0.6) is 0 Å². The van der Waals surface area contributed by atoms with Gasteiger partial charge in [0.05, 0.1) is 19.9 Å². The first-order valence-corrected chi connectivity index (χ1v) is 7.62. The minimum absolute atomic E-state index is 0.0188. The highest BCUT2D eigenvalue weighted by Crippen LogP contribution is 2.29. The lowest BCUT2D eigenvalue weighted by molar-refractivity contribution is 0.555. The molecule has 0 fully saturated rings. The minimum Gasteiger partial charge on any atom is -0.271 e. The Hall–Kier alpha value is -0.100. The topological polar surface area (TPSA) is 38.0 Å². The van der Waals surface area contributed by atoms with Crippen LogP contribution in [0, 0.1) is 0 Å². The highest BCUT2D eigenvalue weighted by Gasteiger charge is 2.13. The van der Waals surface area contributed by atoms with E-state index in [9.17, 15) is 0 Å². The molecule has 96 valence electrons. The van der Waals surface area contributed by atoms with E-state index in [1.807, 2.05) is 18.2 Å². The molecule has 1 unspecified atom stereocenters. The second kappa shape index (κ2) is 6.37. The van der Waals surface area contributed by atoms with Crippen molar-refractivity contribution in [2.45, 2.75) is 12.5 Å². The Labute approximate surface area is 128 Å². The van der Waals surface area contributed by atoms with E-state index in [4.69, 9.17) is 29.0 Å². The van der Waals surface area contributed by atoms with Crippen LogP contribution in [0.15, 0.2) is 34.1 Å². The zero-order chi connectivity index (χ0) is 13.1. The molecule has 0 radical (unpaired) electrons. The van der Waals surface area contributed by atoms with E-state index in [0.29, 0.717) is 10.0 Å². The summed E-state index contributed by atoms with van der Waals surface area (Å²) in [4.78, 5) is 1.25. The Kier molecular flexibility index (Phi) is 5.06. The lowest BCUT2D eigenvalue weighted by atomic mass is 10.0. The van der Waals surface area contributed by atoms with Gasteiger partial charge in [0.15, 0.2) is 0 Å². The van der Waals surface area contributed by atoms with Crippen molar-refractivity contribution < 1.29 is 0 Å². The van der Waals surface area contributed by atoms with Gasteiger partial charge in [0, 0.05) is 11.3 Å². The predicted octanol–water partition coefficient (Wildman–Crippen LogP) is 4.56. The molecule has 0 amide bonds. The lowest BCUT2D eigenvalue weighted by Crippen LogP contribution is -2.29. The number of benzene rings is 1. The fourth-order valence-electron chi connectivity index (χ4n) is 1.66. The monoisotopic (exact) mass is 364 g/mol. The van der Waals surface area contributed by atoms with Crippen LogP contribution < -0.4 is 11.3 Å². The number of hydrogen-bond donors (Lipinski definition) is 2. The van der Waals surface area contributed by atoms with Crippen molar-refractivity contribution in [3.8, 4) is 0 Å². The SMILES string of the molecule is NNC(Cc1ccc(Br)s1)c1ccc(Cl)c(Cl)c1. The summed E-state index contributed by atoms with van der Waals surface area (Å²) >= 11 is 17.1. The largest absolute Gasteiger partial charge is 0.271 e. The van der Waals surface area contributed by atoms with Crippen LogP contribution in [0.4, 0.5) is 0 Å². The molecule has 0 aliphatic rings. The normalized spacial score (nSPS) is 12.7. The molecule has 1 heterocycles. The van der Waals surface area contributed by atoms with Crippen molar-refractivity contribution in [1.29, 1.82) is 0 Å². The van der Waals surface area contributed by atoms with Gasteiger partial charge in [-0.1, -0.05) is 29.3 Å². The van der Waals surface area contributed by atoms with Crippen LogP contribution in [-0.4, -0.2) is 0 Å². The van der Waals surface area contributed by atoms with E-state index in [1.165, 1.54) is 4.88 Å². The molecule has 3 N–H and O–H groups in total. The second-order valence-corrected chi connectivity index (χ2v) is 7.16. The number of nitrogens with one attached hydrogen (secondary N) is 1. The summed E-state index contributed by atoms with van der Waals surface area (Å²) < 4.78 is 1.11. The maximum absolute atomic E-state index is 6.02. The molecule has 2 nitrogen and oxygen atoms in total. The number of hydrogen-bond acceptors (Lipinski definition) is 3. The zero-order valence-electron chi connectivity index (χ0n) is 9.29. The van der Waals surface area contributed by atoms with Crippen LogP contribution in [0.3, 0.4) is 0 Å². The highest BCUT2D eigenvalue weighted by molar-refractivity contribution is 9.11. The molecule has 1 aromatic heterocycles. The molecule has 0 saturated carbocycles. The smallest absolute Gasteiger partial charge is 0.0701 e. The third kappa shape index (κ3) is 3.47. The first-order valence-electron chi connectivity index (χ1n) is 5.25. The van der Waals surface area contributed by atoms with E-state index in [1.54, 1.807) is 17.4 Å². The summed E-state index contributed by atoms with van der Waals surface area (Å²) in [7, 11) is 0. The molecule has 0 saturated heterocycles. The summed E-state index contributed by atoms with van der Waals surface area (Å²) in [5.41, 5.74) is 3.84. The Bertz CT molecular complexity index is 545. The molecule has 0 aliphatic carbocycles. The summed E-state index contributed by atoms with van der Waals surface area (Å²) in [6, 6.07) is 9.69. The van der Waals surface area contributed by atoms with Gasteiger partial charge >= 0.3 is 0 Å². The fourth-order valence-corrected chi connectivity index (χ4v) is 3.50. The molecular formula is C12H11BrCl2N2S. The second-order valence-electron chi connectivity index (χ2n) is 3.80. The predicted molar refractivity (Wildman–Crippen MR) is 82.2 cm³/mol. The first kappa shape index (κ1) is 14.3. The Balaban J connectivity index is 2.19. The van der Waals surface area contributed by atoms with Crippen molar-refractivity contribution in [1.82, 2.24) is 5.43 Å². The summed E-state index contributed by atoms with van der Waals surface area (Å²) in [6.07, 6.45) is 0.810. The van der Waals surface area contributed by atoms with Crippen LogP contribution in [0.25, 0.3) is 0 Å². The molecule has 6 heteroatoms. The van der Waals surface area contributed by atoms with Gasteiger partial charge in [0.1, 0.15) is 0 Å². The average Bonchev–Trinajstić information content (AvgIpc) is 2.75. The molecular weight excluding hydrogens is 355 g/mol. The van der Waals surface area contributed by atoms with Gasteiger partial charge in [-0.3, -0.25) is 11.3 Å². The summed E-state index contributed by atoms with van der Waals surface area (Å²) in [5.74, 6) is 5.61. The van der Waals surface area contributed by atoms with Gasteiger partial charge in [-0.25, -0.2) is 0 Å². The van der Waals surface area contributed by atoms with Gasteiger partial charge in [0.25, 0.3) is 0 Å². The molecule has 0 spiro atoms. The average molecular weight is 366 g/mol. The molecule has 1 aromatic carbocycles. The van der Waals surface area contributed by atoms with E-state index in [0.717, 1.165) is 15.8 Å². The fraction of sp³-hybridized carbons (Fsp3) is 0.167. The van der Waals surface area contributed by atoms with Crippen molar-refractivity contribution >= 4 is 50.5 Å². The van der Waals surface area contributed by atoms with Gasteiger partial charge in [-0.2, -0.15) is 0 Å². The first-order chi connectivity index (χ1) is 8.60. The minimum atomic E-state index is 0.0188. The number of thiophene rings is 1. The molecule has 0 aliphatic heterocycles. The number of nitrogens with two attached hydrogens (primary N) is 1. The molecule has 18 heavy (non-hydrogen) atoms. The number of hydrazine groups is 1. The van der Waals surface area contributed by atoms with Gasteiger partial charge in [0.2, 0.25) is 0 Å². The van der Waals surface area contributed by atoms with Crippen LogP contribution >= 0.6 is 50.5 Å². The van der Waals surface area contributed by atoms with Gasteiger partial charge in [-0.05, 0) is 45.8 Å². The van der Waals surface area contributed by atoms with Crippen molar-refractivity contribution in [3.05, 3.63) is 54.6 Å². The molecule has 0 bridgehead atoms. The van der Waals surface area contributed by atoms with Crippen molar-refractivity contribution in [2.24, 2.45) is 5.84 Å². The zero-order valence-corrected chi connectivity index (χ0v) is 13.2.